The van der Waals surface area contributed by atoms with E-state index in [1.807, 2.05) is 0 Å². The molecule has 1 atom stereocenters. The first-order valence-corrected chi connectivity index (χ1v) is 5.90. The second-order valence-electron chi connectivity index (χ2n) is 4.06. The van der Waals surface area contributed by atoms with Gasteiger partial charge in [-0.15, -0.1) is 0 Å². The molecule has 0 bridgehead atoms. The lowest BCUT2D eigenvalue weighted by Crippen LogP contribution is -2.12. The molecule has 0 aliphatic heterocycles. The van der Waals surface area contributed by atoms with Gasteiger partial charge in [0.25, 0.3) is 0 Å². The van der Waals surface area contributed by atoms with Gasteiger partial charge in [0.15, 0.2) is 6.10 Å². The van der Waals surface area contributed by atoms with Gasteiger partial charge in [0, 0.05) is 6.42 Å². The Morgan fingerprint density at radius 2 is 2.00 bits per heavy atom. The summed E-state index contributed by atoms with van der Waals surface area (Å²) in [5.41, 5.74) is 0.182. The highest BCUT2D eigenvalue weighted by Gasteiger charge is 2.19. The third kappa shape index (κ3) is 4.99. The van der Waals surface area contributed by atoms with Crippen molar-refractivity contribution in [2.75, 3.05) is 7.11 Å². The highest BCUT2D eigenvalue weighted by atomic mass is 19.3. The predicted molar refractivity (Wildman–Crippen MR) is 66.0 cm³/mol. The normalized spacial score (nSPS) is 12.0. The van der Waals surface area contributed by atoms with E-state index in [0.717, 1.165) is 6.07 Å². The summed E-state index contributed by atoms with van der Waals surface area (Å²) in [5.74, 6) is -2.32. The molecule has 0 heterocycles. The number of ether oxygens (including phenoxy) is 2. The monoisotopic (exact) mass is 304 g/mol. The molecule has 0 fully saturated rings. The molecule has 1 unspecified atom stereocenters. The molecule has 8 heteroatoms. The molecule has 21 heavy (non-hydrogen) atoms. The fourth-order valence-corrected chi connectivity index (χ4v) is 1.63. The first-order valence-electron chi connectivity index (χ1n) is 5.90. The number of carbonyl (C=O) groups is 2. The lowest BCUT2D eigenvalue weighted by Gasteiger charge is -2.13. The van der Waals surface area contributed by atoms with E-state index in [1.54, 1.807) is 0 Å². The van der Waals surface area contributed by atoms with Crippen LogP contribution in [0.1, 0.15) is 23.7 Å². The maximum Gasteiger partial charge on any atom is 0.387 e. The molecule has 0 spiro atoms. The van der Waals surface area contributed by atoms with Crippen LogP contribution in [0.5, 0.6) is 5.75 Å². The van der Waals surface area contributed by atoms with Crippen LogP contribution in [0.2, 0.25) is 0 Å². The van der Waals surface area contributed by atoms with Crippen molar-refractivity contribution >= 4 is 11.9 Å². The minimum Gasteiger partial charge on any atom is -0.479 e. The van der Waals surface area contributed by atoms with Crippen LogP contribution in [0, 0.1) is 0 Å². The van der Waals surface area contributed by atoms with Gasteiger partial charge >= 0.3 is 18.6 Å². The Balaban J connectivity index is 3.01. The molecular weight excluding hydrogens is 290 g/mol. The average molecular weight is 304 g/mol. The zero-order valence-corrected chi connectivity index (χ0v) is 11.1. The quantitative estimate of drug-likeness (QED) is 0.742. The summed E-state index contributed by atoms with van der Waals surface area (Å²) in [7, 11) is 1.20. The number of carboxylic acids is 1. The van der Waals surface area contributed by atoms with E-state index in [2.05, 4.69) is 9.47 Å². The summed E-state index contributed by atoms with van der Waals surface area (Å²) in [4.78, 5) is 21.7. The van der Waals surface area contributed by atoms with Gasteiger partial charge in [-0.3, -0.25) is 4.79 Å². The van der Waals surface area contributed by atoms with E-state index in [-0.39, 0.29) is 29.7 Å². The second kappa shape index (κ2) is 7.53. The number of aliphatic hydroxyl groups is 1. The Bertz CT molecular complexity index is 517. The highest BCUT2D eigenvalue weighted by Crippen LogP contribution is 2.27. The smallest absolute Gasteiger partial charge is 0.387 e. The van der Waals surface area contributed by atoms with Crippen molar-refractivity contribution in [3.63, 3.8) is 0 Å². The number of aryl methyl sites for hydroxylation is 1. The zero-order chi connectivity index (χ0) is 16.0. The van der Waals surface area contributed by atoms with Crippen LogP contribution in [0.3, 0.4) is 0 Å². The minimum atomic E-state index is -3.11. The van der Waals surface area contributed by atoms with Crippen LogP contribution in [0.15, 0.2) is 18.2 Å². The fraction of sp³-hybridized carbons (Fsp3) is 0.385. The third-order valence-corrected chi connectivity index (χ3v) is 2.68. The van der Waals surface area contributed by atoms with Crippen molar-refractivity contribution in [2.24, 2.45) is 0 Å². The van der Waals surface area contributed by atoms with Gasteiger partial charge in [0.2, 0.25) is 0 Å². The summed E-state index contributed by atoms with van der Waals surface area (Å²) in [6.45, 7) is -3.11. The number of rotatable bonds is 7. The van der Waals surface area contributed by atoms with E-state index in [1.165, 1.54) is 19.2 Å². The molecule has 0 aliphatic rings. The van der Waals surface area contributed by atoms with Crippen LogP contribution in [0.4, 0.5) is 8.78 Å². The van der Waals surface area contributed by atoms with Gasteiger partial charge in [-0.05, 0) is 23.6 Å². The van der Waals surface area contributed by atoms with E-state index in [0.29, 0.717) is 0 Å². The molecule has 1 aromatic rings. The first-order chi connectivity index (χ1) is 9.85. The third-order valence-electron chi connectivity index (χ3n) is 2.68. The number of esters is 1. The topological polar surface area (TPSA) is 93.1 Å². The van der Waals surface area contributed by atoms with Crippen LogP contribution in [0.25, 0.3) is 0 Å². The first kappa shape index (κ1) is 16.8. The lowest BCUT2D eigenvalue weighted by atomic mass is 10.0. The number of benzene rings is 1. The number of methoxy groups -OCH3 is 1. The van der Waals surface area contributed by atoms with Crippen molar-refractivity contribution in [1.82, 2.24) is 0 Å². The molecule has 0 aromatic heterocycles. The molecule has 1 rings (SSSR count). The number of carboxylic acid groups (broad SMARTS) is 1. The number of hydrogen-bond acceptors (Lipinski definition) is 5. The maximum absolute atomic E-state index is 12.4. The Hall–Kier alpha value is -2.22. The molecule has 0 saturated heterocycles. The maximum atomic E-state index is 12.4. The zero-order valence-electron chi connectivity index (χ0n) is 11.1. The van der Waals surface area contributed by atoms with Crippen LogP contribution in [-0.4, -0.2) is 35.9 Å². The van der Waals surface area contributed by atoms with Gasteiger partial charge in [0.1, 0.15) is 5.75 Å². The van der Waals surface area contributed by atoms with Crippen molar-refractivity contribution in [1.29, 1.82) is 0 Å². The minimum absolute atomic E-state index is 0.0447. The number of alkyl halides is 2. The van der Waals surface area contributed by atoms with Gasteiger partial charge in [-0.25, -0.2) is 4.79 Å². The summed E-state index contributed by atoms with van der Waals surface area (Å²) in [6, 6.07) is 3.60. The van der Waals surface area contributed by atoms with Gasteiger partial charge in [-0.1, -0.05) is 12.1 Å². The molecule has 2 N–H and O–H groups in total. The molecule has 1 aromatic carbocycles. The van der Waals surface area contributed by atoms with Crippen molar-refractivity contribution in [2.45, 2.75) is 25.6 Å². The van der Waals surface area contributed by atoms with E-state index >= 15 is 0 Å². The molecule has 116 valence electrons. The summed E-state index contributed by atoms with van der Waals surface area (Å²) < 4.78 is 33.5. The molecule has 0 amide bonds. The van der Waals surface area contributed by atoms with Gasteiger partial charge < -0.3 is 19.7 Å². The number of aliphatic carboxylic acids is 1. The van der Waals surface area contributed by atoms with Crippen LogP contribution < -0.4 is 4.74 Å². The summed E-state index contributed by atoms with van der Waals surface area (Å²) in [6.07, 6.45) is -1.81. The number of hydrogen-bond donors (Lipinski definition) is 2. The fourth-order valence-electron chi connectivity index (χ4n) is 1.63. The van der Waals surface area contributed by atoms with E-state index in [4.69, 9.17) is 5.11 Å². The molecule has 0 aliphatic carbocycles. The van der Waals surface area contributed by atoms with E-state index < -0.39 is 24.7 Å². The summed E-state index contributed by atoms with van der Waals surface area (Å²) >= 11 is 0. The Morgan fingerprint density at radius 3 is 2.52 bits per heavy atom. The van der Waals surface area contributed by atoms with Crippen LogP contribution >= 0.6 is 0 Å². The number of carbonyl (C=O) groups excluding carboxylic acids is 1. The second-order valence-corrected chi connectivity index (χ2v) is 4.06. The van der Waals surface area contributed by atoms with Gasteiger partial charge in [0.05, 0.1) is 7.11 Å². The standard InChI is InChI=1S/C13H14F2O6/c1-20-10(16)5-4-7-2-3-8(11(17)12(18)19)6-9(7)21-13(14)15/h2-3,6,11,13,17H,4-5H2,1H3,(H,18,19). The molecule has 0 saturated carbocycles. The Morgan fingerprint density at radius 1 is 1.33 bits per heavy atom. The lowest BCUT2D eigenvalue weighted by molar-refractivity contribution is -0.147. The van der Waals surface area contributed by atoms with Crippen molar-refractivity contribution < 1.29 is 38.1 Å². The molecule has 6 nitrogen and oxygen atoms in total. The predicted octanol–water partition coefficient (Wildman–Crippen LogP) is 1.51. The van der Waals surface area contributed by atoms with Crippen molar-refractivity contribution in [3.05, 3.63) is 29.3 Å². The van der Waals surface area contributed by atoms with Crippen LogP contribution in [-0.2, 0) is 20.7 Å². The Labute approximate surface area is 118 Å². The van der Waals surface area contributed by atoms with E-state index in [9.17, 15) is 23.5 Å². The number of halogens is 2. The van der Waals surface area contributed by atoms with Gasteiger partial charge in [-0.2, -0.15) is 8.78 Å². The SMILES string of the molecule is COC(=O)CCc1ccc(C(O)C(=O)O)cc1OC(F)F. The van der Waals surface area contributed by atoms with Crippen molar-refractivity contribution in [3.8, 4) is 5.75 Å². The molecule has 0 radical (unpaired) electrons. The summed E-state index contributed by atoms with van der Waals surface area (Å²) in [5, 5.41) is 18.1. The highest BCUT2D eigenvalue weighted by molar-refractivity contribution is 5.74. The molecular formula is C13H14F2O6. The average Bonchev–Trinajstić information content (AvgIpc) is 2.43. The largest absolute Gasteiger partial charge is 0.479 e. The number of aliphatic hydroxyl groups excluding tert-OH is 1. The Kier molecular flexibility index (Phi) is 6.04.